The van der Waals surface area contributed by atoms with Crippen LogP contribution in [0.1, 0.15) is 49.7 Å². The lowest BCUT2D eigenvalue weighted by Crippen LogP contribution is -2.45. The maximum atomic E-state index is 9.96. The molecule has 1 saturated heterocycles. The van der Waals surface area contributed by atoms with E-state index in [2.05, 4.69) is 41.0 Å². The van der Waals surface area contributed by atoms with Crippen LogP contribution in [0.15, 0.2) is 24.3 Å². The molecule has 1 heterocycles. The number of likely N-dealkylation sites (tertiary alicyclic amines) is 1. The van der Waals surface area contributed by atoms with Crippen LogP contribution in [0.2, 0.25) is 0 Å². The first-order valence-electron chi connectivity index (χ1n) is 11.0. The molecule has 2 N–H and O–H groups in total. The van der Waals surface area contributed by atoms with Gasteiger partial charge >= 0.3 is 0 Å². The molecule has 27 heavy (non-hydrogen) atoms. The third-order valence-electron chi connectivity index (χ3n) is 6.66. The number of aliphatic hydroxyl groups is 2. The summed E-state index contributed by atoms with van der Waals surface area (Å²) >= 11 is 0. The van der Waals surface area contributed by atoms with E-state index in [-0.39, 0.29) is 6.61 Å². The van der Waals surface area contributed by atoms with E-state index < -0.39 is 6.10 Å². The van der Waals surface area contributed by atoms with Gasteiger partial charge in [0.15, 0.2) is 0 Å². The first-order valence-corrected chi connectivity index (χ1v) is 11.0. The normalized spacial score (nSPS) is 21.2. The molecule has 0 bridgehead atoms. The average Bonchev–Trinajstić information content (AvgIpc) is 3.22. The minimum atomic E-state index is -0.597. The van der Waals surface area contributed by atoms with Crippen molar-refractivity contribution in [3.05, 3.63) is 35.4 Å². The topological polar surface area (TPSA) is 46.9 Å². The molecule has 1 aliphatic carbocycles. The van der Waals surface area contributed by atoms with Crippen LogP contribution in [0, 0.1) is 12.8 Å². The van der Waals surface area contributed by atoms with Gasteiger partial charge in [0.25, 0.3) is 0 Å². The number of benzene rings is 1. The fourth-order valence-electron chi connectivity index (χ4n) is 4.86. The summed E-state index contributed by atoms with van der Waals surface area (Å²) in [7, 11) is 0. The quantitative estimate of drug-likeness (QED) is 0.698. The molecule has 1 aromatic rings. The Morgan fingerprint density at radius 3 is 2.48 bits per heavy atom. The number of nitrogens with zero attached hydrogens (tertiary/aromatic N) is 2. The van der Waals surface area contributed by atoms with Crippen LogP contribution in [0.5, 0.6) is 0 Å². The molecule has 1 aliphatic heterocycles. The van der Waals surface area contributed by atoms with Gasteiger partial charge in [0.1, 0.15) is 0 Å². The summed E-state index contributed by atoms with van der Waals surface area (Å²) in [5.74, 6) is 0.728. The van der Waals surface area contributed by atoms with Crippen LogP contribution in [-0.2, 0) is 6.42 Å². The van der Waals surface area contributed by atoms with Crippen molar-refractivity contribution in [1.82, 2.24) is 9.80 Å². The molecule has 2 fully saturated rings. The average molecular weight is 375 g/mol. The Bertz CT molecular complexity index is 551. The molecule has 152 valence electrons. The first-order chi connectivity index (χ1) is 13.2. The van der Waals surface area contributed by atoms with Gasteiger partial charge in [-0.05, 0) is 69.2 Å². The van der Waals surface area contributed by atoms with E-state index in [1.165, 1.54) is 62.7 Å². The molecule has 1 unspecified atom stereocenters. The summed E-state index contributed by atoms with van der Waals surface area (Å²) in [6.07, 6.45) is 8.20. The number of aliphatic hydroxyl groups excluding tert-OH is 2. The zero-order valence-corrected chi connectivity index (χ0v) is 17.0. The number of hydrogen-bond acceptors (Lipinski definition) is 4. The largest absolute Gasteiger partial charge is 0.394 e. The van der Waals surface area contributed by atoms with E-state index >= 15 is 0 Å². The van der Waals surface area contributed by atoms with Crippen molar-refractivity contribution in [2.45, 2.75) is 64.0 Å². The highest BCUT2D eigenvalue weighted by molar-refractivity contribution is 5.25. The Kier molecular flexibility index (Phi) is 8.13. The van der Waals surface area contributed by atoms with Gasteiger partial charge in [-0.25, -0.2) is 0 Å². The number of rotatable bonds is 9. The zero-order chi connectivity index (χ0) is 19.1. The lowest BCUT2D eigenvalue weighted by molar-refractivity contribution is 0.0324. The summed E-state index contributed by atoms with van der Waals surface area (Å²) in [5.41, 5.74) is 2.88. The van der Waals surface area contributed by atoms with Crippen molar-refractivity contribution in [2.75, 3.05) is 39.3 Å². The second-order valence-corrected chi connectivity index (χ2v) is 8.69. The minimum absolute atomic E-state index is 0.124. The summed E-state index contributed by atoms with van der Waals surface area (Å²) in [6, 6.07) is 9.35. The van der Waals surface area contributed by atoms with E-state index in [1.54, 1.807) is 0 Å². The van der Waals surface area contributed by atoms with E-state index in [1.807, 2.05) is 0 Å². The molecule has 0 spiro atoms. The van der Waals surface area contributed by atoms with E-state index in [0.29, 0.717) is 12.6 Å². The molecule has 4 nitrogen and oxygen atoms in total. The Hall–Kier alpha value is -0.940. The maximum Gasteiger partial charge on any atom is 0.0897 e. The Morgan fingerprint density at radius 2 is 1.81 bits per heavy atom. The number of piperidine rings is 1. The van der Waals surface area contributed by atoms with Gasteiger partial charge < -0.3 is 15.1 Å². The van der Waals surface area contributed by atoms with Crippen LogP contribution >= 0.6 is 0 Å². The van der Waals surface area contributed by atoms with Gasteiger partial charge in [0.05, 0.1) is 12.7 Å². The summed E-state index contributed by atoms with van der Waals surface area (Å²) in [6.45, 7) is 7.35. The molecule has 1 saturated carbocycles. The number of hydrogen-bond donors (Lipinski definition) is 2. The van der Waals surface area contributed by atoms with Crippen molar-refractivity contribution in [3.63, 3.8) is 0 Å². The van der Waals surface area contributed by atoms with Gasteiger partial charge in [-0.1, -0.05) is 37.1 Å². The SMILES string of the molecule is Cc1ccccc1CCN1CCC(CN(CC(O)CO)C2CCCC2)CC1. The van der Waals surface area contributed by atoms with E-state index in [9.17, 15) is 10.2 Å². The maximum absolute atomic E-state index is 9.96. The molecule has 2 aliphatic rings. The highest BCUT2D eigenvalue weighted by Gasteiger charge is 2.28. The van der Waals surface area contributed by atoms with Gasteiger partial charge in [-0.3, -0.25) is 4.90 Å². The van der Waals surface area contributed by atoms with Crippen molar-refractivity contribution in [2.24, 2.45) is 5.92 Å². The second-order valence-electron chi connectivity index (χ2n) is 8.69. The Balaban J connectivity index is 1.43. The van der Waals surface area contributed by atoms with Crippen LogP contribution in [-0.4, -0.2) is 71.5 Å². The monoisotopic (exact) mass is 374 g/mol. The van der Waals surface area contributed by atoms with Gasteiger partial charge in [-0.2, -0.15) is 0 Å². The zero-order valence-electron chi connectivity index (χ0n) is 17.0. The van der Waals surface area contributed by atoms with E-state index in [4.69, 9.17) is 0 Å². The van der Waals surface area contributed by atoms with Crippen molar-refractivity contribution < 1.29 is 10.2 Å². The molecule has 0 radical (unpaired) electrons. The smallest absolute Gasteiger partial charge is 0.0897 e. The van der Waals surface area contributed by atoms with Crippen LogP contribution in [0.4, 0.5) is 0 Å². The fourth-order valence-corrected chi connectivity index (χ4v) is 4.86. The van der Waals surface area contributed by atoms with Crippen molar-refractivity contribution in [3.8, 4) is 0 Å². The van der Waals surface area contributed by atoms with E-state index in [0.717, 1.165) is 25.4 Å². The summed E-state index contributed by atoms with van der Waals surface area (Å²) in [5, 5.41) is 19.2. The molecule has 3 rings (SSSR count). The molecular weight excluding hydrogens is 336 g/mol. The third-order valence-corrected chi connectivity index (χ3v) is 6.66. The summed E-state index contributed by atoms with van der Waals surface area (Å²) in [4.78, 5) is 5.10. The molecule has 1 atom stereocenters. The lowest BCUT2D eigenvalue weighted by atomic mass is 9.94. The second kappa shape index (κ2) is 10.6. The predicted molar refractivity (Wildman–Crippen MR) is 111 cm³/mol. The molecule has 4 heteroatoms. The Labute approximate surface area is 165 Å². The fraction of sp³-hybridized carbons (Fsp3) is 0.739. The predicted octanol–water partition coefficient (Wildman–Crippen LogP) is 2.85. The van der Waals surface area contributed by atoms with Gasteiger partial charge in [0, 0.05) is 25.7 Å². The van der Waals surface area contributed by atoms with Crippen LogP contribution < -0.4 is 0 Å². The summed E-state index contributed by atoms with van der Waals surface area (Å²) < 4.78 is 0. The third kappa shape index (κ3) is 6.28. The molecule has 0 amide bonds. The van der Waals surface area contributed by atoms with Crippen molar-refractivity contribution in [1.29, 1.82) is 0 Å². The lowest BCUT2D eigenvalue weighted by Gasteiger charge is -2.37. The molecule has 1 aromatic carbocycles. The Morgan fingerprint density at radius 1 is 1.11 bits per heavy atom. The first kappa shape index (κ1) is 20.8. The standard InChI is InChI=1S/C23H38N2O2/c1-19-6-2-3-7-21(19)12-15-24-13-10-20(11-14-24)16-25(17-23(27)18-26)22-8-4-5-9-22/h2-3,6-7,20,22-23,26-27H,4-5,8-18H2,1H3. The van der Waals surface area contributed by atoms with Crippen LogP contribution in [0.25, 0.3) is 0 Å². The molecule has 0 aromatic heterocycles. The number of aryl methyl sites for hydroxylation is 1. The highest BCUT2D eigenvalue weighted by Crippen LogP contribution is 2.27. The highest BCUT2D eigenvalue weighted by atomic mass is 16.3. The van der Waals surface area contributed by atoms with Crippen LogP contribution in [0.3, 0.4) is 0 Å². The molecular formula is C23H38N2O2. The minimum Gasteiger partial charge on any atom is -0.394 e. The van der Waals surface area contributed by atoms with Gasteiger partial charge in [0.2, 0.25) is 0 Å². The van der Waals surface area contributed by atoms with Gasteiger partial charge in [-0.15, -0.1) is 0 Å². The van der Waals surface area contributed by atoms with Crippen molar-refractivity contribution >= 4 is 0 Å².